The normalized spacial score (nSPS) is 17.3. The Bertz CT molecular complexity index is 1100. The van der Waals surface area contributed by atoms with Gasteiger partial charge in [0.15, 0.2) is 0 Å². The molecule has 2 aliphatic carbocycles. The lowest BCUT2D eigenvalue weighted by Crippen LogP contribution is -2.13. The fourth-order valence-electron chi connectivity index (χ4n) is 4.62. The Kier molecular flexibility index (Phi) is 4.24. The summed E-state index contributed by atoms with van der Waals surface area (Å²) >= 11 is 0. The second kappa shape index (κ2) is 6.91. The van der Waals surface area contributed by atoms with Gasteiger partial charge in [-0.2, -0.15) is 0 Å². The third kappa shape index (κ3) is 3.01. The van der Waals surface area contributed by atoms with Crippen LogP contribution in [0.15, 0.2) is 60.8 Å². The molecule has 0 saturated heterocycles. The minimum atomic E-state index is 0.404. The predicted octanol–water partition coefficient (Wildman–Crippen LogP) is 6.68. The lowest BCUT2D eigenvalue weighted by atomic mass is 9.74. The molecule has 0 saturated carbocycles. The molecule has 28 heavy (non-hydrogen) atoms. The Morgan fingerprint density at radius 2 is 1.89 bits per heavy atom. The van der Waals surface area contributed by atoms with E-state index in [4.69, 9.17) is 0 Å². The first-order valence-corrected chi connectivity index (χ1v) is 10.2. The van der Waals surface area contributed by atoms with Gasteiger partial charge in [-0.05, 0) is 78.1 Å². The number of hydrogen-bond donors (Lipinski definition) is 0. The highest BCUT2D eigenvalue weighted by molar-refractivity contribution is 5.79. The highest BCUT2D eigenvalue weighted by atomic mass is 14.6. The van der Waals surface area contributed by atoms with Crippen molar-refractivity contribution in [3.8, 4) is 11.1 Å². The third-order valence-corrected chi connectivity index (χ3v) is 6.10. The quantitative estimate of drug-likeness (QED) is 0.495. The van der Waals surface area contributed by atoms with Crippen molar-refractivity contribution in [3.63, 3.8) is 0 Å². The highest BCUT2D eigenvalue weighted by Crippen LogP contribution is 2.44. The Hall–Kier alpha value is -2.93. The van der Waals surface area contributed by atoms with Crippen LogP contribution in [0.5, 0.6) is 0 Å². The van der Waals surface area contributed by atoms with Crippen molar-refractivity contribution in [2.24, 2.45) is 0 Å². The number of aryl methyl sites for hydroxylation is 2. The summed E-state index contributed by atoms with van der Waals surface area (Å²) in [5.41, 5.74) is 12.4. The maximum absolute atomic E-state index is 4.43. The Morgan fingerprint density at radius 1 is 0.964 bits per heavy atom. The van der Waals surface area contributed by atoms with Gasteiger partial charge in [0.2, 0.25) is 0 Å². The van der Waals surface area contributed by atoms with Crippen molar-refractivity contribution in [2.45, 2.75) is 39.0 Å². The van der Waals surface area contributed by atoms with E-state index in [0.717, 1.165) is 25.0 Å². The molecule has 5 rings (SSSR count). The molecular formula is C27H25N. The number of benzene rings is 2. The van der Waals surface area contributed by atoms with E-state index in [1.165, 1.54) is 33.4 Å². The fraction of sp³-hybridized carbons (Fsp3) is 0.222. The topological polar surface area (TPSA) is 12.9 Å². The molecule has 138 valence electrons. The van der Waals surface area contributed by atoms with Crippen molar-refractivity contribution < 1.29 is 0 Å². The second-order valence-corrected chi connectivity index (χ2v) is 8.09. The molecule has 1 atom stereocenters. The predicted molar refractivity (Wildman–Crippen MR) is 118 cm³/mol. The first-order valence-electron chi connectivity index (χ1n) is 10.2. The smallest absolute Gasteiger partial charge is 0.0373 e. The molecule has 2 aromatic carbocycles. The number of aromatic nitrogens is 1. The average Bonchev–Trinajstić information content (AvgIpc) is 2.72. The molecule has 1 unspecified atom stereocenters. The molecule has 0 aliphatic heterocycles. The van der Waals surface area contributed by atoms with Gasteiger partial charge in [-0.1, -0.05) is 66.3 Å². The molecule has 3 aromatic rings. The van der Waals surface area contributed by atoms with Gasteiger partial charge in [0.1, 0.15) is 0 Å². The minimum Gasteiger partial charge on any atom is -0.261 e. The molecule has 1 nitrogen and oxygen atoms in total. The zero-order valence-electron chi connectivity index (χ0n) is 16.6. The van der Waals surface area contributed by atoms with Crippen LogP contribution in [0.2, 0.25) is 0 Å². The standard InChI is InChI=1S/C27H25N/c1-18-7-13-24-22(11-10-20-9-8-19(2)28-17-20)16-27-23-6-4-3-5-21(23)12-14-25(27)26(24)15-18/h3,5,7-15,17,22H,4,6,16H2,1-2H3/b11-10+. The largest absolute Gasteiger partial charge is 0.261 e. The van der Waals surface area contributed by atoms with Gasteiger partial charge in [0.25, 0.3) is 0 Å². The molecule has 0 fully saturated rings. The van der Waals surface area contributed by atoms with E-state index in [1.807, 2.05) is 13.1 Å². The van der Waals surface area contributed by atoms with Gasteiger partial charge < -0.3 is 0 Å². The van der Waals surface area contributed by atoms with Gasteiger partial charge in [-0.25, -0.2) is 0 Å². The number of rotatable bonds is 2. The van der Waals surface area contributed by atoms with Crippen LogP contribution < -0.4 is 0 Å². The monoisotopic (exact) mass is 363 g/mol. The van der Waals surface area contributed by atoms with E-state index < -0.39 is 0 Å². The molecular weight excluding hydrogens is 338 g/mol. The van der Waals surface area contributed by atoms with Gasteiger partial charge >= 0.3 is 0 Å². The van der Waals surface area contributed by atoms with Crippen LogP contribution in [-0.2, 0) is 12.8 Å². The van der Waals surface area contributed by atoms with Crippen LogP contribution in [-0.4, -0.2) is 4.98 Å². The third-order valence-electron chi connectivity index (χ3n) is 6.10. The SMILES string of the molecule is Cc1ccc2c(c1)-c1ccc3c(c1CC2/C=C/c1ccc(C)nc1)CCC=C3. The van der Waals surface area contributed by atoms with Gasteiger partial charge in [-0.3, -0.25) is 4.98 Å². The summed E-state index contributed by atoms with van der Waals surface area (Å²) in [6.07, 6.45) is 14.6. The van der Waals surface area contributed by atoms with Crippen LogP contribution in [0.25, 0.3) is 23.3 Å². The summed E-state index contributed by atoms with van der Waals surface area (Å²) < 4.78 is 0. The van der Waals surface area contributed by atoms with Crippen LogP contribution >= 0.6 is 0 Å². The summed E-state index contributed by atoms with van der Waals surface area (Å²) in [6.45, 7) is 4.22. The van der Waals surface area contributed by atoms with Gasteiger partial charge in [-0.15, -0.1) is 0 Å². The number of nitrogens with zero attached hydrogens (tertiary/aromatic N) is 1. The summed E-state index contributed by atoms with van der Waals surface area (Å²) in [7, 11) is 0. The molecule has 0 amide bonds. The Balaban J connectivity index is 1.61. The molecule has 1 heteroatoms. The summed E-state index contributed by atoms with van der Waals surface area (Å²) in [4.78, 5) is 4.43. The van der Waals surface area contributed by atoms with E-state index in [2.05, 4.69) is 78.7 Å². The molecule has 0 radical (unpaired) electrons. The molecule has 0 N–H and O–H groups in total. The van der Waals surface area contributed by atoms with E-state index in [-0.39, 0.29) is 0 Å². The van der Waals surface area contributed by atoms with Crippen LogP contribution in [0, 0.1) is 13.8 Å². The summed E-state index contributed by atoms with van der Waals surface area (Å²) in [6, 6.07) is 15.8. The first kappa shape index (κ1) is 17.2. The summed E-state index contributed by atoms with van der Waals surface area (Å²) in [5, 5.41) is 0. The molecule has 0 bridgehead atoms. The van der Waals surface area contributed by atoms with Crippen molar-refractivity contribution in [2.75, 3.05) is 0 Å². The number of fused-ring (bicyclic) bond motifs is 5. The van der Waals surface area contributed by atoms with Gasteiger partial charge in [0, 0.05) is 17.8 Å². The van der Waals surface area contributed by atoms with Crippen molar-refractivity contribution in [3.05, 3.63) is 99.9 Å². The van der Waals surface area contributed by atoms with E-state index in [9.17, 15) is 0 Å². The zero-order valence-corrected chi connectivity index (χ0v) is 16.6. The maximum atomic E-state index is 4.43. The molecule has 0 spiro atoms. The first-order chi connectivity index (χ1) is 13.7. The molecule has 1 aromatic heterocycles. The van der Waals surface area contributed by atoms with Crippen LogP contribution in [0.4, 0.5) is 0 Å². The zero-order chi connectivity index (χ0) is 19.1. The van der Waals surface area contributed by atoms with E-state index >= 15 is 0 Å². The van der Waals surface area contributed by atoms with E-state index in [0.29, 0.717) is 5.92 Å². The number of allylic oxidation sites excluding steroid dienone is 2. The van der Waals surface area contributed by atoms with Crippen molar-refractivity contribution >= 4 is 12.2 Å². The van der Waals surface area contributed by atoms with Gasteiger partial charge in [0.05, 0.1) is 0 Å². The minimum absolute atomic E-state index is 0.404. The fourth-order valence-corrected chi connectivity index (χ4v) is 4.62. The van der Waals surface area contributed by atoms with Crippen molar-refractivity contribution in [1.29, 1.82) is 0 Å². The lowest BCUT2D eigenvalue weighted by Gasteiger charge is -2.30. The van der Waals surface area contributed by atoms with E-state index in [1.54, 1.807) is 11.1 Å². The van der Waals surface area contributed by atoms with Crippen LogP contribution in [0.1, 0.15) is 51.4 Å². The Labute approximate surface area is 167 Å². The average molecular weight is 364 g/mol. The number of hydrogen-bond acceptors (Lipinski definition) is 1. The van der Waals surface area contributed by atoms with Crippen LogP contribution in [0.3, 0.4) is 0 Å². The maximum Gasteiger partial charge on any atom is 0.0373 e. The Morgan fingerprint density at radius 3 is 2.75 bits per heavy atom. The second-order valence-electron chi connectivity index (χ2n) is 8.09. The molecule has 2 aliphatic rings. The van der Waals surface area contributed by atoms with Crippen molar-refractivity contribution in [1.82, 2.24) is 4.98 Å². The summed E-state index contributed by atoms with van der Waals surface area (Å²) in [5.74, 6) is 0.404. The number of pyridine rings is 1. The lowest BCUT2D eigenvalue weighted by molar-refractivity contribution is 0.805. The molecule has 1 heterocycles. The highest BCUT2D eigenvalue weighted by Gasteiger charge is 2.26.